The van der Waals surface area contributed by atoms with Crippen LogP contribution < -0.4 is 4.72 Å². The lowest BCUT2D eigenvalue weighted by molar-refractivity contribution is -0.134. The van der Waals surface area contributed by atoms with Crippen LogP contribution in [0.4, 0.5) is 0 Å². The number of hydrogen-bond acceptors (Lipinski definition) is 3. The minimum Gasteiger partial charge on any atom is -0.480 e. The van der Waals surface area contributed by atoms with Crippen LogP contribution in [0.1, 0.15) is 18.5 Å². The SMILES string of the molecule is C[C@H](NS(=O)(=O)CC(=O)O)c1cccc2ccccc12. The van der Waals surface area contributed by atoms with Crippen molar-refractivity contribution in [2.75, 3.05) is 5.75 Å². The van der Waals surface area contributed by atoms with Crippen molar-refractivity contribution in [1.82, 2.24) is 4.72 Å². The molecule has 0 saturated heterocycles. The quantitative estimate of drug-likeness (QED) is 0.882. The van der Waals surface area contributed by atoms with E-state index in [1.165, 1.54) is 0 Å². The molecule has 2 rings (SSSR count). The Hall–Kier alpha value is -1.92. The molecule has 0 heterocycles. The van der Waals surface area contributed by atoms with E-state index < -0.39 is 27.8 Å². The minimum atomic E-state index is -3.85. The molecule has 0 amide bonds. The molecule has 0 unspecified atom stereocenters. The zero-order valence-corrected chi connectivity index (χ0v) is 11.7. The molecule has 0 fully saturated rings. The maximum Gasteiger partial charge on any atom is 0.320 e. The first kappa shape index (κ1) is 14.5. The number of carboxylic acids is 1. The fourth-order valence-corrected chi connectivity index (χ4v) is 3.24. The Balaban J connectivity index is 2.33. The smallest absolute Gasteiger partial charge is 0.320 e. The van der Waals surface area contributed by atoms with Crippen LogP contribution in [0.2, 0.25) is 0 Å². The second kappa shape index (κ2) is 5.60. The molecule has 5 nitrogen and oxygen atoms in total. The first-order valence-corrected chi connectivity index (χ1v) is 7.74. The van der Waals surface area contributed by atoms with Crippen molar-refractivity contribution in [3.05, 3.63) is 48.0 Å². The molecule has 0 saturated carbocycles. The number of hydrogen-bond donors (Lipinski definition) is 2. The van der Waals surface area contributed by atoms with Gasteiger partial charge in [0.05, 0.1) is 0 Å². The van der Waals surface area contributed by atoms with Crippen molar-refractivity contribution in [1.29, 1.82) is 0 Å². The normalized spacial score (nSPS) is 13.2. The van der Waals surface area contributed by atoms with E-state index in [4.69, 9.17) is 5.11 Å². The third kappa shape index (κ3) is 3.34. The maximum atomic E-state index is 11.7. The maximum absolute atomic E-state index is 11.7. The summed E-state index contributed by atoms with van der Waals surface area (Å²) in [6, 6.07) is 12.8. The number of aliphatic carboxylic acids is 1. The van der Waals surface area contributed by atoms with Crippen molar-refractivity contribution >= 4 is 26.8 Å². The Morgan fingerprint density at radius 2 is 1.85 bits per heavy atom. The first-order chi connectivity index (χ1) is 9.39. The van der Waals surface area contributed by atoms with Crippen molar-refractivity contribution < 1.29 is 18.3 Å². The third-order valence-electron chi connectivity index (χ3n) is 2.96. The van der Waals surface area contributed by atoms with Crippen molar-refractivity contribution in [3.8, 4) is 0 Å². The van der Waals surface area contributed by atoms with Gasteiger partial charge in [-0.25, -0.2) is 13.1 Å². The fraction of sp³-hybridized carbons (Fsp3) is 0.214. The highest BCUT2D eigenvalue weighted by molar-refractivity contribution is 7.90. The Morgan fingerprint density at radius 3 is 2.55 bits per heavy atom. The second-order valence-electron chi connectivity index (χ2n) is 4.56. The molecular weight excluding hydrogens is 278 g/mol. The number of carboxylic acid groups (broad SMARTS) is 1. The summed E-state index contributed by atoms with van der Waals surface area (Å²) in [6.45, 7) is 1.70. The summed E-state index contributed by atoms with van der Waals surface area (Å²) in [5.41, 5.74) is 0.817. The fourth-order valence-electron chi connectivity index (χ4n) is 2.17. The molecule has 2 N–H and O–H groups in total. The average Bonchev–Trinajstić information content (AvgIpc) is 2.35. The van der Waals surface area contributed by atoms with Gasteiger partial charge in [-0.15, -0.1) is 0 Å². The average molecular weight is 293 g/mol. The van der Waals surface area contributed by atoms with Crippen molar-refractivity contribution in [2.24, 2.45) is 0 Å². The van der Waals surface area contributed by atoms with Gasteiger partial charge in [0.25, 0.3) is 0 Å². The highest BCUT2D eigenvalue weighted by Crippen LogP contribution is 2.24. The van der Waals surface area contributed by atoms with Crippen molar-refractivity contribution in [2.45, 2.75) is 13.0 Å². The zero-order valence-electron chi connectivity index (χ0n) is 10.9. The van der Waals surface area contributed by atoms with Gasteiger partial charge < -0.3 is 5.11 Å². The topological polar surface area (TPSA) is 83.5 Å². The summed E-state index contributed by atoms with van der Waals surface area (Å²) >= 11 is 0. The van der Waals surface area contributed by atoms with Crippen LogP contribution in [0.25, 0.3) is 10.8 Å². The van der Waals surface area contributed by atoms with Gasteiger partial charge in [0.15, 0.2) is 5.75 Å². The Labute approximate surface area is 117 Å². The van der Waals surface area contributed by atoms with E-state index >= 15 is 0 Å². The molecule has 0 aliphatic carbocycles. The van der Waals surface area contributed by atoms with E-state index in [1.807, 2.05) is 42.5 Å². The highest BCUT2D eigenvalue weighted by atomic mass is 32.2. The Kier molecular flexibility index (Phi) is 4.06. The molecule has 106 valence electrons. The van der Waals surface area contributed by atoms with Gasteiger partial charge in [-0.1, -0.05) is 42.5 Å². The molecule has 1 atom stereocenters. The van der Waals surface area contributed by atoms with Crippen LogP contribution in [0.15, 0.2) is 42.5 Å². The van der Waals surface area contributed by atoms with Crippen molar-refractivity contribution in [3.63, 3.8) is 0 Å². The van der Waals surface area contributed by atoms with Gasteiger partial charge in [-0.05, 0) is 23.3 Å². The van der Waals surface area contributed by atoms with Crippen LogP contribution in [-0.4, -0.2) is 25.2 Å². The monoisotopic (exact) mass is 293 g/mol. The van der Waals surface area contributed by atoms with Gasteiger partial charge in [-0.2, -0.15) is 0 Å². The van der Waals surface area contributed by atoms with E-state index in [0.717, 1.165) is 16.3 Å². The van der Waals surface area contributed by atoms with Gasteiger partial charge in [0.1, 0.15) is 0 Å². The summed E-state index contributed by atoms with van der Waals surface area (Å²) < 4.78 is 25.7. The molecule has 20 heavy (non-hydrogen) atoms. The molecule has 0 aromatic heterocycles. The lowest BCUT2D eigenvalue weighted by Crippen LogP contribution is -2.32. The Bertz CT molecular complexity index is 734. The second-order valence-corrected chi connectivity index (χ2v) is 6.31. The molecule has 2 aromatic carbocycles. The lowest BCUT2D eigenvalue weighted by atomic mass is 10.0. The predicted molar refractivity (Wildman–Crippen MR) is 76.9 cm³/mol. The lowest BCUT2D eigenvalue weighted by Gasteiger charge is -2.16. The summed E-state index contributed by atoms with van der Waals surface area (Å²) in [7, 11) is -3.85. The van der Waals surface area contributed by atoms with E-state index in [0.29, 0.717) is 0 Å². The third-order valence-corrected chi connectivity index (χ3v) is 4.30. The summed E-state index contributed by atoms with van der Waals surface area (Å²) in [5.74, 6) is -2.30. The molecule has 0 bridgehead atoms. The highest BCUT2D eigenvalue weighted by Gasteiger charge is 2.20. The minimum absolute atomic E-state index is 0.495. The van der Waals surface area contributed by atoms with Crippen LogP contribution >= 0.6 is 0 Å². The van der Waals surface area contributed by atoms with Crippen LogP contribution in [0, 0.1) is 0 Å². The van der Waals surface area contributed by atoms with E-state index in [1.54, 1.807) is 6.92 Å². The number of sulfonamides is 1. The van der Waals surface area contributed by atoms with E-state index in [9.17, 15) is 13.2 Å². The number of rotatable bonds is 5. The zero-order chi connectivity index (χ0) is 14.8. The molecule has 6 heteroatoms. The molecule has 2 aromatic rings. The summed E-state index contributed by atoms with van der Waals surface area (Å²) in [5, 5.41) is 10.5. The largest absolute Gasteiger partial charge is 0.480 e. The standard InChI is InChI=1S/C14H15NO4S/c1-10(15-20(18,19)9-14(16)17)12-8-4-6-11-5-2-3-7-13(11)12/h2-8,10,15H,9H2,1H3,(H,16,17)/t10-/m0/s1. The number of fused-ring (bicyclic) bond motifs is 1. The van der Waals surface area contributed by atoms with Gasteiger partial charge in [-0.3, -0.25) is 4.79 Å². The molecular formula is C14H15NO4S. The summed E-state index contributed by atoms with van der Waals surface area (Å²) in [6.07, 6.45) is 0. The van der Waals surface area contributed by atoms with E-state index in [-0.39, 0.29) is 0 Å². The van der Waals surface area contributed by atoms with Crippen LogP contribution in [0.5, 0.6) is 0 Å². The number of carbonyl (C=O) groups is 1. The molecule has 0 spiro atoms. The van der Waals surface area contributed by atoms with Crippen LogP contribution in [0.3, 0.4) is 0 Å². The number of benzene rings is 2. The molecule has 0 radical (unpaired) electrons. The van der Waals surface area contributed by atoms with Crippen LogP contribution in [-0.2, 0) is 14.8 Å². The van der Waals surface area contributed by atoms with Gasteiger partial charge >= 0.3 is 5.97 Å². The predicted octanol–water partition coefficient (Wildman–Crippen LogP) is 1.90. The molecule has 0 aliphatic heterocycles. The Morgan fingerprint density at radius 1 is 1.20 bits per heavy atom. The van der Waals surface area contributed by atoms with E-state index in [2.05, 4.69) is 4.72 Å². The van der Waals surface area contributed by atoms with Gasteiger partial charge in [0, 0.05) is 6.04 Å². The van der Waals surface area contributed by atoms with Gasteiger partial charge in [0.2, 0.25) is 10.0 Å². The summed E-state index contributed by atoms with van der Waals surface area (Å²) in [4.78, 5) is 10.5. The molecule has 0 aliphatic rings. The first-order valence-electron chi connectivity index (χ1n) is 6.08. The number of nitrogens with one attached hydrogen (secondary N) is 1.